The van der Waals surface area contributed by atoms with Crippen LogP contribution in [0.25, 0.3) is 0 Å². The lowest BCUT2D eigenvalue weighted by molar-refractivity contribution is -0.123. The summed E-state index contributed by atoms with van der Waals surface area (Å²) in [5, 5.41) is 4.05. The number of aryl methyl sites for hydroxylation is 1. The Balaban J connectivity index is 2.08. The predicted octanol–water partition coefficient (Wildman–Crippen LogP) is 3.40. The molecule has 0 aromatic heterocycles. The monoisotopic (exact) mass is 309 g/mol. The van der Waals surface area contributed by atoms with Gasteiger partial charge >= 0.3 is 0 Å². The Hall–Kier alpha value is -0.830. The molecule has 0 saturated carbocycles. The molecular formula is C15H20BrNO. The van der Waals surface area contributed by atoms with E-state index in [0.717, 1.165) is 31.0 Å². The van der Waals surface area contributed by atoms with Gasteiger partial charge in [-0.2, -0.15) is 0 Å². The van der Waals surface area contributed by atoms with Gasteiger partial charge in [0, 0.05) is 11.4 Å². The van der Waals surface area contributed by atoms with Crippen LogP contribution in [0, 0.1) is 0 Å². The van der Waals surface area contributed by atoms with Crippen LogP contribution in [0.15, 0.2) is 24.3 Å². The molecule has 98 valence electrons. The Bertz CT molecular complexity index is 419. The van der Waals surface area contributed by atoms with E-state index in [4.69, 9.17) is 0 Å². The number of alkyl halides is 1. The highest BCUT2D eigenvalue weighted by Crippen LogP contribution is 2.31. The molecule has 2 unspecified atom stereocenters. The number of nitrogens with one attached hydrogen (secondary N) is 1. The molecule has 0 bridgehead atoms. The third-order valence-corrected chi connectivity index (χ3v) is 4.07. The van der Waals surface area contributed by atoms with Crippen LogP contribution in [-0.4, -0.2) is 17.3 Å². The molecule has 2 nitrogen and oxygen atoms in total. The van der Waals surface area contributed by atoms with Crippen LogP contribution in [0.4, 0.5) is 0 Å². The van der Waals surface area contributed by atoms with Gasteiger partial charge in [0.15, 0.2) is 0 Å². The number of amides is 1. The van der Waals surface area contributed by atoms with Crippen molar-refractivity contribution in [2.75, 3.05) is 5.33 Å². The SMILES string of the molecule is CC(CCBr)NC(=O)C1CCCc2ccccc21. The predicted molar refractivity (Wildman–Crippen MR) is 78.1 cm³/mol. The second kappa shape index (κ2) is 6.37. The molecule has 0 spiro atoms. The molecule has 1 aliphatic rings. The first kappa shape index (κ1) is 13.6. The smallest absolute Gasteiger partial charge is 0.227 e. The number of fused-ring (bicyclic) bond motifs is 1. The van der Waals surface area contributed by atoms with Crippen LogP contribution in [0.3, 0.4) is 0 Å². The molecule has 3 heteroatoms. The summed E-state index contributed by atoms with van der Waals surface area (Å²) in [5.74, 6) is 0.239. The third kappa shape index (κ3) is 3.14. The molecule has 0 fully saturated rings. The number of benzene rings is 1. The van der Waals surface area contributed by atoms with Crippen molar-refractivity contribution in [1.82, 2.24) is 5.32 Å². The van der Waals surface area contributed by atoms with Crippen molar-refractivity contribution in [3.63, 3.8) is 0 Å². The molecule has 1 amide bonds. The van der Waals surface area contributed by atoms with Gasteiger partial charge in [-0.05, 0) is 43.7 Å². The first-order chi connectivity index (χ1) is 8.72. The number of hydrogen-bond donors (Lipinski definition) is 1. The zero-order chi connectivity index (χ0) is 13.0. The maximum Gasteiger partial charge on any atom is 0.227 e. The van der Waals surface area contributed by atoms with Gasteiger partial charge in [-0.3, -0.25) is 4.79 Å². The van der Waals surface area contributed by atoms with Crippen LogP contribution in [0.5, 0.6) is 0 Å². The fraction of sp³-hybridized carbons (Fsp3) is 0.533. The molecule has 1 aromatic carbocycles. The topological polar surface area (TPSA) is 29.1 Å². The fourth-order valence-electron chi connectivity index (χ4n) is 2.61. The summed E-state index contributed by atoms with van der Waals surface area (Å²) in [6.45, 7) is 2.06. The average Bonchev–Trinajstić information content (AvgIpc) is 2.38. The van der Waals surface area contributed by atoms with Crippen molar-refractivity contribution in [1.29, 1.82) is 0 Å². The Labute approximate surface area is 117 Å². The van der Waals surface area contributed by atoms with Gasteiger partial charge in [-0.25, -0.2) is 0 Å². The second-order valence-corrected chi connectivity index (χ2v) is 5.82. The van der Waals surface area contributed by atoms with Crippen molar-refractivity contribution < 1.29 is 4.79 Å². The lowest BCUT2D eigenvalue weighted by atomic mass is 9.82. The fourth-order valence-corrected chi connectivity index (χ4v) is 3.29. The quantitative estimate of drug-likeness (QED) is 0.849. The Morgan fingerprint density at radius 3 is 3.06 bits per heavy atom. The molecule has 0 aliphatic heterocycles. The van der Waals surface area contributed by atoms with E-state index < -0.39 is 0 Å². The summed E-state index contributed by atoms with van der Waals surface area (Å²) in [7, 11) is 0. The molecule has 1 aliphatic carbocycles. The van der Waals surface area contributed by atoms with Crippen molar-refractivity contribution in [3.8, 4) is 0 Å². The summed E-state index contributed by atoms with van der Waals surface area (Å²) >= 11 is 3.41. The van der Waals surface area contributed by atoms with E-state index in [-0.39, 0.29) is 17.9 Å². The number of carbonyl (C=O) groups excluding carboxylic acids is 1. The van der Waals surface area contributed by atoms with Gasteiger partial charge in [0.1, 0.15) is 0 Å². The van der Waals surface area contributed by atoms with Gasteiger partial charge in [-0.1, -0.05) is 40.2 Å². The molecule has 0 radical (unpaired) electrons. The normalized spacial score (nSPS) is 20.0. The zero-order valence-electron chi connectivity index (χ0n) is 10.8. The Morgan fingerprint density at radius 1 is 1.50 bits per heavy atom. The molecule has 18 heavy (non-hydrogen) atoms. The summed E-state index contributed by atoms with van der Waals surface area (Å²) < 4.78 is 0. The summed E-state index contributed by atoms with van der Waals surface area (Å²) in [6, 6.07) is 8.59. The van der Waals surface area contributed by atoms with Crippen LogP contribution in [0.1, 0.15) is 43.2 Å². The molecular weight excluding hydrogens is 290 g/mol. The molecule has 1 aromatic rings. The highest BCUT2D eigenvalue weighted by atomic mass is 79.9. The number of hydrogen-bond acceptors (Lipinski definition) is 1. The summed E-state index contributed by atoms with van der Waals surface area (Å²) in [4.78, 5) is 12.3. The lowest BCUT2D eigenvalue weighted by Crippen LogP contribution is -2.37. The van der Waals surface area contributed by atoms with Crippen molar-refractivity contribution >= 4 is 21.8 Å². The number of carbonyl (C=O) groups is 1. The Kier molecular flexibility index (Phi) is 4.81. The highest BCUT2D eigenvalue weighted by molar-refractivity contribution is 9.09. The highest BCUT2D eigenvalue weighted by Gasteiger charge is 2.26. The van der Waals surface area contributed by atoms with Crippen LogP contribution < -0.4 is 5.32 Å². The molecule has 0 saturated heterocycles. The minimum absolute atomic E-state index is 0.0488. The zero-order valence-corrected chi connectivity index (χ0v) is 12.4. The van der Waals surface area contributed by atoms with Crippen molar-refractivity contribution in [2.24, 2.45) is 0 Å². The minimum atomic E-state index is 0.0488. The maximum absolute atomic E-state index is 12.3. The summed E-state index contributed by atoms with van der Waals surface area (Å²) in [6.07, 6.45) is 4.17. The van der Waals surface area contributed by atoms with Gasteiger partial charge < -0.3 is 5.32 Å². The van der Waals surface area contributed by atoms with Crippen molar-refractivity contribution in [3.05, 3.63) is 35.4 Å². The van der Waals surface area contributed by atoms with E-state index in [1.54, 1.807) is 0 Å². The van der Waals surface area contributed by atoms with E-state index in [2.05, 4.69) is 46.4 Å². The van der Waals surface area contributed by atoms with Crippen LogP contribution >= 0.6 is 15.9 Å². The summed E-state index contributed by atoms with van der Waals surface area (Å²) in [5.41, 5.74) is 2.57. The first-order valence-electron chi connectivity index (χ1n) is 6.66. The van der Waals surface area contributed by atoms with Gasteiger partial charge in [0.2, 0.25) is 5.91 Å². The second-order valence-electron chi connectivity index (χ2n) is 5.03. The molecule has 1 N–H and O–H groups in total. The average molecular weight is 310 g/mol. The first-order valence-corrected chi connectivity index (χ1v) is 7.78. The standard InChI is InChI=1S/C15H20BrNO/c1-11(9-10-16)17-15(18)14-8-4-6-12-5-2-3-7-13(12)14/h2-3,5,7,11,14H,4,6,8-10H2,1H3,(H,17,18). The van der Waals surface area contributed by atoms with Crippen molar-refractivity contribution in [2.45, 2.75) is 44.6 Å². The van der Waals surface area contributed by atoms with Crippen LogP contribution in [0.2, 0.25) is 0 Å². The molecule has 2 atom stereocenters. The Morgan fingerprint density at radius 2 is 2.28 bits per heavy atom. The van der Waals surface area contributed by atoms with Gasteiger partial charge in [0.05, 0.1) is 5.92 Å². The minimum Gasteiger partial charge on any atom is -0.353 e. The van der Waals surface area contributed by atoms with E-state index >= 15 is 0 Å². The van der Waals surface area contributed by atoms with Gasteiger partial charge in [-0.15, -0.1) is 0 Å². The van der Waals surface area contributed by atoms with Gasteiger partial charge in [0.25, 0.3) is 0 Å². The van der Waals surface area contributed by atoms with E-state index in [0.29, 0.717) is 0 Å². The lowest BCUT2D eigenvalue weighted by Gasteiger charge is -2.26. The maximum atomic E-state index is 12.3. The molecule has 2 rings (SSSR count). The number of rotatable bonds is 4. The van der Waals surface area contributed by atoms with E-state index in [9.17, 15) is 4.79 Å². The number of halogens is 1. The largest absolute Gasteiger partial charge is 0.353 e. The van der Waals surface area contributed by atoms with E-state index in [1.807, 2.05) is 6.07 Å². The van der Waals surface area contributed by atoms with Crippen LogP contribution in [-0.2, 0) is 11.2 Å². The third-order valence-electron chi connectivity index (χ3n) is 3.62. The van der Waals surface area contributed by atoms with E-state index in [1.165, 1.54) is 11.1 Å². The molecule has 0 heterocycles.